The van der Waals surface area contributed by atoms with Gasteiger partial charge in [-0.1, -0.05) is 0 Å². The third kappa shape index (κ3) is 3.54. The van der Waals surface area contributed by atoms with Crippen LogP contribution in [0.4, 0.5) is 0 Å². The molecule has 1 N–H and O–H groups in total. The monoisotopic (exact) mass is 238 g/mol. The molecule has 0 aliphatic carbocycles. The molecule has 6 nitrogen and oxygen atoms in total. The van der Waals surface area contributed by atoms with Crippen molar-refractivity contribution < 1.29 is 9.21 Å². The first-order valence-electron chi connectivity index (χ1n) is 5.80. The molecule has 2 rings (SSSR count). The normalized spacial score (nSPS) is 16.5. The van der Waals surface area contributed by atoms with Crippen LogP contribution in [0.2, 0.25) is 0 Å². The van der Waals surface area contributed by atoms with Crippen LogP contribution in [0, 0.1) is 0 Å². The Morgan fingerprint density at radius 3 is 3.00 bits per heavy atom. The predicted octanol–water partition coefficient (Wildman–Crippen LogP) is -0.462. The summed E-state index contributed by atoms with van der Waals surface area (Å²) in [6.45, 7) is 4.44. The van der Waals surface area contributed by atoms with Gasteiger partial charge in [0, 0.05) is 32.7 Å². The molecule has 1 aliphatic heterocycles. The summed E-state index contributed by atoms with van der Waals surface area (Å²) in [5.74, 6) is 0.178. The molecule has 1 fully saturated rings. The third-order valence-electron chi connectivity index (χ3n) is 2.79. The van der Waals surface area contributed by atoms with Crippen LogP contribution in [0.25, 0.3) is 0 Å². The van der Waals surface area contributed by atoms with Crippen molar-refractivity contribution in [3.05, 3.63) is 18.4 Å². The minimum absolute atomic E-state index is 0.178. The Balaban J connectivity index is 1.77. The lowest BCUT2D eigenvalue weighted by Gasteiger charge is -2.29. The van der Waals surface area contributed by atoms with Crippen LogP contribution in [-0.2, 0) is 11.3 Å². The number of hydrogen-bond acceptors (Lipinski definition) is 5. The van der Waals surface area contributed by atoms with Crippen molar-refractivity contribution in [1.82, 2.24) is 20.1 Å². The molecule has 0 bridgehead atoms. The van der Waals surface area contributed by atoms with E-state index in [2.05, 4.69) is 10.3 Å². The van der Waals surface area contributed by atoms with Crippen molar-refractivity contribution in [3.63, 3.8) is 0 Å². The van der Waals surface area contributed by atoms with Gasteiger partial charge in [0.2, 0.25) is 5.91 Å². The first-order valence-corrected chi connectivity index (χ1v) is 5.80. The van der Waals surface area contributed by atoms with E-state index in [9.17, 15) is 4.79 Å². The smallest absolute Gasteiger partial charge is 0.236 e. The number of likely N-dealkylation sites (N-methyl/N-ethyl adjacent to an activating group) is 1. The predicted molar refractivity (Wildman–Crippen MR) is 62.3 cm³/mol. The Morgan fingerprint density at radius 1 is 1.59 bits per heavy atom. The fourth-order valence-electron chi connectivity index (χ4n) is 1.89. The molecule has 94 valence electrons. The lowest BCUT2D eigenvalue weighted by Crippen LogP contribution is -2.49. The maximum atomic E-state index is 11.9. The number of nitrogens with zero attached hydrogens (tertiary/aromatic N) is 3. The lowest BCUT2D eigenvalue weighted by atomic mass is 10.3. The van der Waals surface area contributed by atoms with E-state index < -0.39 is 0 Å². The molecule has 6 heteroatoms. The molecule has 0 spiro atoms. The van der Waals surface area contributed by atoms with Crippen molar-refractivity contribution in [3.8, 4) is 0 Å². The first kappa shape index (κ1) is 12.1. The second kappa shape index (κ2) is 5.79. The number of oxazole rings is 1. The molecule has 17 heavy (non-hydrogen) atoms. The maximum absolute atomic E-state index is 11.9. The Morgan fingerprint density at radius 2 is 2.35 bits per heavy atom. The highest BCUT2D eigenvalue weighted by molar-refractivity contribution is 5.78. The number of aromatic nitrogens is 1. The number of hydrogen-bond donors (Lipinski definition) is 1. The van der Waals surface area contributed by atoms with E-state index in [1.807, 2.05) is 16.8 Å². The molecule has 0 saturated carbocycles. The van der Waals surface area contributed by atoms with E-state index in [1.54, 1.807) is 6.26 Å². The van der Waals surface area contributed by atoms with Crippen molar-refractivity contribution in [2.24, 2.45) is 0 Å². The van der Waals surface area contributed by atoms with Crippen LogP contribution in [0.3, 0.4) is 0 Å². The summed E-state index contributed by atoms with van der Waals surface area (Å²) in [5.41, 5.74) is 0.848. The SMILES string of the molecule is CN(CC(=O)N1CCNCC1)Cc1cocn1. The molecular weight excluding hydrogens is 220 g/mol. The molecular formula is C11H18N4O2. The van der Waals surface area contributed by atoms with E-state index in [1.165, 1.54) is 6.39 Å². The zero-order valence-electron chi connectivity index (χ0n) is 10.1. The Hall–Kier alpha value is -1.40. The minimum Gasteiger partial charge on any atom is -0.451 e. The van der Waals surface area contributed by atoms with Gasteiger partial charge in [0.25, 0.3) is 0 Å². The summed E-state index contributed by atoms with van der Waals surface area (Å²) in [4.78, 5) is 19.8. The Kier molecular flexibility index (Phi) is 4.11. The highest BCUT2D eigenvalue weighted by atomic mass is 16.3. The van der Waals surface area contributed by atoms with Crippen molar-refractivity contribution in [2.75, 3.05) is 39.8 Å². The summed E-state index contributed by atoms with van der Waals surface area (Å²) >= 11 is 0. The fraction of sp³-hybridized carbons (Fsp3) is 0.636. The molecule has 0 atom stereocenters. The average molecular weight is 238 g/mol. The van der Waals surface area contributed by atoms with Crippen LogP contribution >= 0.6 is 0 Å². The number of amides is 1. The van der Waals surface area contributed by atoms with Crippen LogP contribution < -0.4 is 5.32 Å². The van der Waals surface area contributed by atoms with Crippen LogP contribution in [0.15, 0.2) is 17.1 Å². The van der Waals surface area contributed by atoms with E-state index in [0.29, 0.717) is 13.1 Å². The standard InChI is InChI=1S/C11H18N4O2/c1-14(6-10-8-17-9-13-10)7-11(16)15-4-2-12-3-5-15/h8-9,12H,2-7H2,1H3. The first-order chi connectivity index (χ1) is 8.25. The molecule has 1 aliphatic rings. The average Bonchev–Trinajstić information content (AvgIpc) is 2.82. The van der Waals surface area contributed by atoms with E-state index in [0.717, 1.165) is 31.9 Å². The van der Waals surface area contributed by atoms with Gasteiger partial charge in [-0.25, -0.2) is 4.98 Å². The minimum atomic E-state index is 0.178. The molecule has 1 saturated heterocycles. The number of nitrogens with one attached hydrogen (secondary N) is 1. The number of carbonyl (C=O) groups excluding carboxylic acids is 1. The molecule has 1 aromatic rings. The highest BCUT2D eigenvalue weighted by Crippen LogP contribution is 2.01. The quantitative estimate of drug-likeness (QED) is 0.769. The number of carbonyl (C=O) groups is 1. The Labute approximate surface area is 101 Å². The highest BCUT2D eigenvalue weighted by Gasteiger charge is 2.17. The molecule has 1 aromatic heterocycles. The second-order valence-electron chi connectivity index (χ2n) is 4.28. The number of rotatable bonds is 4. The fourth-order valence-corrected chi connectivity index (χ4v) is 1.89. The van der Waals surface area contributed by atoms with Crippen LogP contribution in [-0.4, -0.2) is 60.5 Å². The van der Waals surface area contributed by atoms with E-state index in [-0.39, 0.29) is 5.91 Å². The van der Waals surface area contributed by atoms with Crippen molar-refractivity contribution >= 4 is 5.91 Å². The third-order valence-corrected chi connectivity index (χ3v) is 2.79. The molecule has 2 heterocycles. The topological polar surface area (TPSA) is 61.6 Å². The van der Waals surface area contributed by atoms with Crippen LogP contribution in [0.1, 0.15) is 5.69 Å². The molecule has 1 amide bonds. The molecule has 0 unspecified atom stereocenters. The zero-order valence-corrected chi connectivity index (χ0v) is 10.1. The van der Waals surface area contributed by atoms with Gasteiger partial charge in [-0.15, -0.1) is 0 Å². The van der Waals surface area contributed by atoms with Gasteiger partial charge in [-0.3, -0.25) is 9.69 Å². The van der Waals surface area contributed by atoms with Gasteiger partial charge in [0.1, 0.15) is 6.26 Å². The van der Waals surface area contributed by atoms with Gasteiger partial charge in [-0.2, -0.15) is 0 Å². The largest absolute Gasteiger partial charge is 0.451 e. The summed E-state index contributed by atoms with van der Waals surface area (Å²) < 4.78 is 4.90. The second-order valence-corrected chi connectivity index (χ2v) is 4.28. The summed E-state index contributed by atoms with van der Waals surface area (Å²) in [6, 6.07) is 0. The van der Waals surface area contributed by atoms with E-state index in [4.69, 9.17) is 4.42 Å². The molecule has 0 aromatic carbocycles. The van der Waals surface area contributed by atoms with Crippen molar-refractivity contribution in [2.45, 2.75) is 6.54 Å². The van der Waals surface area contributed by atoms with Gasteiger partial charge in [0.05, 0.1) is 12.2 Å². The summed E-state index contributed by atoms with van der Waals surface area (Å²) in [5, 5.41) is 3.23. The number of piperazine rings is 1. The van der Waals surface area contributed by atoms with Crippen molar-refractivity contribution in [1.29, 1.82) is 0 Å². The van der Waals surface area contributed by atoms with Gasteiger partial charge in [0.15, 0.2) is 6.39 Å². The van der Waals surface area contributed by atoms with Gasteiger partial charge in [-0.05, 0) is 7.05 Å². The summed E-state index contributed by atoms with van der Waals surface area (Å²) in [7, 11) is 1.91. The van der Waals surface area contributed by atoms with Crippen LogP contribution in [0.5, 0.6) is 0 Å². The summed E-state index contributed by atoms with van der Waals surface area (Å²) in [6.07, 6.45) is 3.01. The van der Waals surface area contributed by atoms with Gasteiger partial charge >= 0.3 is 0 Å². The lowest BCUT2D eigenvalue weighted by molar-refractivity contribution is -0.132. The maximum Gasteiger partial charge on any atom is 0.236 e. The Bertz CT molecular complexity index is 346. The molecule has 0 radical (unpaired) electrons. The van der Waals surface area contributed by atoms with E-state index >= 15 is 0 Å². The zero-order chi connectivity index (χ0) is 12.1. The van der Waals surface area contributed by atoms with Gasteiger partial charge < -0.3 is 14.6 Å².